The van der Waals surface area contributed by atoms with Gasteiger partial charge in [-0.1, -0.05) is 13.8 Å². The van der Waals surface area contributed by atoms with E-state index in [0.29, 0.717) is 12.5 Å². The van der Waals surface area contributed by atoms with Crippen LogP contribution in [0.2, 0.25) is 0 Å². The molecule has 0 spiro atoms. The van der Waals surface area contributed by atoms with Crippen LogP contribution in [-0.4, -0.2) is 29.6 Å². The lowest BCUT2D eigenvalue weighted by atomic mass is 9.94. The van der Waals surface area contributed by atoms with E-state index in [0.717, 1.165) is 6.42 Å². The Bertz CT molecular complexity index is 321. The lowest BCUT2D eigenvalue weighted by molar-refractivity contribution is -0.141. The van der Waals surface area contributed by atoms with Gasteiger partial charge in [0.05, 0.1) is 0 Å². The van der Waals surface area contributed by atoms with Crippen LogP contribution in [0, 0.1) is 24.2 Å². The van der Waals surface area contributed by atoms with Crippen LogP contribution in [0.5, 0.6) is 0 Å². The first kappa shape index (κ1) is 16.5. The minimum absolute atomic E-state index is 0.0153. The topological polar surface area (TPSA) is 92.4 Å². The van der Waals surface area contributed by atoms with E-state index in [1.165, 1.54) is 0 Å². The van der Waals surface area contributed by atoms with Gasteiger partial charge in [-0.25, -0.2) is 4.79 Å². The molecular weight excluding hydrogens is 232 g/mol. The smallest absolute Gasteiger partial charge is 0.327 e. The third-order valence-electron chi connectivity index (χ3n) is 2.57. The molecule has 0 aromatic carbocycles. The van der Waals surface area contributed by atoms with Crippen molar-refractivity contribution in [1.82, 2.24) is 5.32 Å². The Morgan fingerprint density at radius 1 is 1.44 bits per heavy atom. The second-order valence-corrected chi connectivity index (χ2v) is 4.80. The van der Waals surface area contributed by atoms with Crippen molar-refractivity contribution in [2.24, 2.45) is 17.6 Å². The summed E-state index contributed by atoms with van der Waals surface area (Å²) in [6.45, 7) is 4.52. The summed E-state index contributed by atoms with van der Waals surface area (Å²) >= 11 is 0. The van der Waals surface area contributed by atoms with Crippen molar-refractivity contribution < 1.29 is 14.7 Å². The molecule has 4 N–H and O–H groups in total. The molecule has 5 heteroatoms. The number of carboxylic acids is 1. The number of carboxylic acid groups (broad SMARTS) is 1. The molecule has 5 nitrogen and oxygen atoms in total. The fourth-order valence-electron chi connectivity index (χ4n) is 1.76. The molecule has 1 amide bonds. The average Bonchev–Trinajstić information content (AvgIpc) is 2.26. The van der Waals surface area contributed by atoms with Crippen molar-refractivity contribution in [2.75, 3.05) is 6.54 Å². The summed E-state index contributed by atoms with van der Waals surface area (Å²) in [4.78, 5) is 22.5. The summed E-state index contributed by atoms with van der Waals surface area (Å²) in [7, 11) is 0. The van der Waals surface area contributed by atoms with Gasteiger partial charge in [0, 0.05) is 12.8 Å². The summed E-state index contributed by atoms with van der Waals surface area (Å²) < 4.78 is 0. The Hall–Kier alpha value is -1.54. The first-order valence-electron chi connectivity index (χ1n) is 6.06. The number of hydrogen-bond acceptors (Lipinski definition) is 3. The molecule has 0 saturated carbocycles. The van der Waals surface area contributed by atoms with E-state index >= 15 is 0 Å². The number of amides is 1. The van der Waals surface area contributed by atoms with E-state index in [4.69, 9.17) is 17.3 Å². The van der Waals surface area contributed by atoms with Gasteiger partial charge < -0.3 is 16.2 Å². The Morgan fingerprint density at radius 2 is 2.06 bits per heavy atom. The largest absolute Gasteiger partial charge is 0.480 e. The number of nitrogens with two attached hydrogens (primary N) is 1. The minimum Gasteiger partial charge on any atom is -0.480 e. The first-order valence-corrected chi connectivity index (χ1v) is 6.06. The highest BCUT2D eigenvalue weighted by atomic mass is 16.4. The van der Waals surface area contributed by atoms with Crippen molar-refractivity contribution in [3.8, 4) is 12.3 Å². The summed E-state index contributed by atoms with van der Waals surface area (Å²) in [5, 5.41) is 11.3. The van der Waals surface area contributed by atoms with Crippen LogP contribution in [0.1, 0.15) is 33.1 Å². The average molecular weight is 254 g/mol. The van der Waals surface area contributed by atoms with E-state index < -0.39 is 12.0 Å². The molecule has 0 fully saturated rings. The van der Waals surface area contributed by atoms with E-state index in [1.807, 2.05) is 0 Å². The number of nitrogens with one attached hydrogen (secondary N) is 1. The van der Waals surface area contributed by atoms with Gasteiger partial charge in [0.1, 0.15) is 6.04 Å². The van der Waals surface area contributed by atoms with Crippen LogP contribution < -0.4 is 11.1 Å². The zero-order valence-corrected chi connectivity index (χ0v) is 11.0. The van der Waals surface area contributed by atoms with Crippen LogP contribution in [0.3, 0.4) is 0 Å². The monoisotopic (exact) mass is 254 g/mol. The van der Waals surface area contributed by atoms with Crippen LogP contribution in [0.25, 0.3) is 0 Å². The minimum atomic E-state index is -1.12. The maximum absolute atomic E-state index is 11.7. The zero-order chi connectivity index (χ0) is 14.1. The molecule has 0 aromatic heterocycles. The predicted molar refractivity (Wildman–Crippen MR) is 69.6 cm³/mol. The summed E-state index contributed by atoms with van der Waals surface area (Å²) in [6, 6.07) is -1.01. The number of terminal acetylenes is 1. The zero-order valence-electron chi connectivity index (χ0n) is 11.0. The maximum Gasteiger partial charge on any atom is 0.327 e. The van der Waals surface area contributed by atoms with Crippen molar-refractivity contribution in [3.63, 3.8) is 0 Å². The van der Waals surface area contributed by atoms with Crippen molar-refractivity contribution in [3.05, 3.63) is 0 Å². The Kier molecular flexibility index (Phi) is 7.81. The van der Waals surface area contributed by atoms with Gasteiger partial charge in [-0.05, 0) is 24.8 Å². The Balaban J connectivity index is 4.30. The van der Waals surface area contributed by atoms with E-state index in [2.05, 4.69) is 25.1 Å². The fourth-order valence-corrected chi connectivity index (χ4v) is 1.76. The van der Waals surface area contributed by atoms with Crippen molar-refractivity contribution >= 4 is 11.9 Å². The van der Waals surface area contributed by atoms with Gasteiger partial charge in [-0.3, -0.25) is 4.79 Å². The van der Waals surface area contributed by atoms with E-state index in [-0.39, 0.29) is 24.7 Å². The summed E-state index contributed by atoms with van der Waals surface area (Å²) in [6.07, 6.45) is 6.12. The van der Waals surface area contributed by atoms with Gasteiger partial charge in [-0.2, -0.15) is 0 Å². The molecular formula is C13H22N2O3. The SMILES string of the molecule is C#CCC(NC(=O)CC(CN)CC(C)C)C(=O)O. The van der Waals surface area contributed by atoms with Crippen LogP contribution >= 0.6 is 0 Å². The third kappa shape index (κ3) is 6.92. The lowest BCUT2D eigenvalue weighted by Gasteiger charge is -2.18. The molecule has 2 unspecified atom stereocenters. The highest BCUT2D eigenvalue weighted by molar-refractivity contribution is 5.83. The van der Waals surface area contributed by atoms with Gasteiger partial charge in [0.15, 0.2) is 0 Å². The van der Waals surface area contributed by atoms with Crippen molar-refractivity contribution in [1.29, 1.82) is 0 Å². The summed E-state index contributed by atoms with van der Waals surface area (Å²) in [5.74, 6) is 1.33. The summed E-state index contributed by atoms with van der Waals surface area (Å²) in [5.41, 5.74) is 5.59. The molecule has 0 rings (SSSR count). The molecule has 18 heavy (non-hydrogen) atoms. The van der Waals surface area contributed by atoms with E-state index in [9.17, 15) is 9.59 Å². The van der Waals surface area contributed by atoms with Gasteiger partial charge >= 0.3 is 5.97 Å². The standard InChI is InChI=1S/C13H22N2O3/c1-4-5-11(13(17)18)15-12(16)7-10(8-14)6-9(2)3/h1,9-11H,5-8,14H2,2-3H3,(H,15,16)(H,17,18). The van der Waals surface area contributed by atoms with Gasteiger partial charge in [0.25, 0.3) is 0 Å². The molecule has 2 atom stereocenters. The number of rotatable bonds is 8. The maximum atomic E-state index is 11.7. The molecule has 0 saturated heterocycles. The third-order valence-corrected chi connectivity index (χ3v) is 2.57. The van der Waals surface area contributed by atoms with Crippen LogP contribution in [-0.2, 0) is 9.59 Å². The lowest BCUT2D eigenvalue weighted by Crippen LogP contribution is -2.41. The van der Waals surface area contributed by atoms with Crippen LogP contribution in [0.4, 0.5) is 0 Å². The van der Waals surface area contributed by atoms with Gasteiger partial charge in [0.2, 0.25) is 5.91 Å². The predicted octanol–water partition coefficient (Wildman–Crippen LogP) is 0.590. The highest BCUT2D eigenvalue weighted by Gasteiger charge is 2.21. The van der Waals surface area contributed by atoms with E-state index in [1.54, 1.807) is 0 Å². The molecule has 0 aliphatic carbocycles. The molecule has 0 aliphatic rings. The second kappa shape index (κ2) is 8.54. The van der Waals surface area contributed by atoms with Crippen molar-refractivity contribution in [2.45, 2.75) is 39.2 Å². The highest BCUT2D eigenvalue weighted by Crippen LogP contribution is 2.14. The molecule has 0 heterocycles. The normalized spacial score (nSPS) is 13.7. The van der Waals surface area contributed by atoms with Gasteiger partial charge in [-0.15, -0.1) is 12.3 Å². The number of aliphatic carboxylic acids is 1. The molecule has 102 valence electrons. The second-order valence-electron chi connectivity index (χ2n) is 4.80. The molecule has 0 bridgehead atoms. The number of carbonyl (C=O) groups is 2. The quantitative estimate of drug-likeness (QED) is 0.553. The first-order chi connectivity index (χ1) is 8.40. The number of carbonyl (C=O) groups excluding carboxylic acids is 1. The Morgan fingerprint density at radius 3 is 2.44 bits per heavy atom. The molecule has 0 radical (unpaired) electrons. The Labute approximate surface area is 108 Å². The molecule has 0 aromatic rings. The van der Waals surface area contributed by atoms with Crippen LogP contribution in [0.15, 0.2) is 0 Å². The fraction of sp³-hybridized carbons (Fsp3) is 0.692. The molecule has 0 aliphatic heterocycles. The number of hydrogen-bond donors (Lipinski definition) is 3.